The molecule has 10 heteroatoms. The first-order valence-corrected chi connectivity index (χ1v) is 12.7. The van der Waals surface area contributed by atoms with Crippen molar-refractivity contribution >= 4 is 23.3 Å². The van der Waals surface area contributed by atoms with E-state index in [1.54, 1.807) is 30.3 Å². The molecule has 4 rings (SSSR count). The number of pyridine rings is 1. The molecule has 0 spiro atoms. The minimum Gasteiger partial charge on any atom is -0.359 e. The topological polar surface area (TPSA) is 110 Å². The van der Waals surface area contributed by atoms with Crippen molar-refractivity contribution in [3.63, 3.8) is 0 Å². The summed E-state index contributed by atoms with van der Waals surface area (Å²) in [7, 11) is 0. The lowest BCUT2D eigenvalue weighted by molar-refractivity contribution is -0.115. The van der Waals surface area contributed by atoms with E-state index in [1.807, 2.05) is 20.8 Å². The van der Waals surface area contributed by atoms with Crippen LogP contribution in [0.5, 0.6) is 5.75 Å². The van der Waals surface area contributed by atoms with E-state index < -0.39 is 5.91 Å². The number of anilines is 2. The number of carbonyl (C=O) groups is 2. The Hall–Kier alpha value is -3.79. The van der Waals surface area contributed by atoms with Crippen LogP contribution in [0.1, 0.15) is 69.3 Å². The van der Waals surface area contributed by atoms with Gasteiger partial charge in [-0.25, -0.2) is 4.98 Å². The summed E-state index contributed by atoms with van der Waals surface area (Å²) in [4.78, 5) is 34.3. The maximum Gasteiger partial charge on any atom is 0.274 e. The van der Waals surface area contributed by atoms with E-state index in [-0.39, 0.29) is 29.2 Å². The third-order valence-corrected chi connectivity index (χ3v) is 6.02. The molecule has 9 nitrogen and oxygen atoms in total. The zero-order valence-electron chi connectivity index (χ0n) is 22.6. The van der Waals surface area contributed by atoms with Gasteiger partial charge in [0.2, 0.25) is 5.91 Å². The van der Waals surface area contributed by atoms with Crippen LogP contribution in [0.2, 0.25) is 0 Å². The summed E-state index contributed by atoms with van der Waals surface area (Å²) in [6, 6.07) is 11.9. The summed E-state index contributed by atoms with van der Waals surface area (Å²) in [6.45, 7) is 13.2. The fraction of sp³-hybridized carbons (Fsp3) is 0.429. The van der Waals surface area contributed by atoms with Crippen molar-refractivity contribution in [1.82, 2.24) is 15.0 Å². The zero-order chi connectivity index (χ0) is 27.7. The standard InChI is InChI=1S/C21H21FN4O4.C7H15N/c1-21(2,3)17-11-18(26-30-17)25-19(27)10-13-4-6-14(7-5-13)24-20(28)16-9-8-15(29-22)12-23-16;1-7(2)8-5-3-4-6-8/h4-9,11-12H,10H2,1-3H3,(H,24,28)(H,25,26,27);7H,3-6H2,1-2H3. The Kier molecular flexibility index (Phi) is 9.95. The number of nitrogens with one attached hydrogen (secondary N) is 2. The first kappa shape index (κ1) is 28.8. The normalized spacial score (nSPS) is 13.6. The highest BCUT2D eigenvalue weighted by atomic mass is 19.3. The predicted molar refractivity (Wildman–Crippen MR) is 144 cm³/mol. The number of carbonyl (C=O) groups excluding carboxylic acids is 2. The molecule has 2 N–H and O–H groups in total. The highest BCUT2D eigenvalue weighted by Crippen LogP contribution is 2.24. The fourth-order valence-corrected chi connectivity index (χ4v) is 3.78. The van der Waals surface area contributed by atoms with E-state index in [2.05, 4.69) is 44.5 Å². The highest BCUT2D eigenvalue weighted by Gasteiger charge is 2.20. The maximum atomic E-state index is 12.2. The minimum absolute atomic E-state index is 0.0885. The molecule has 38 heavy (non-hydrogen) atoms. The minimum atomic E-state index is -0.452. The van der Waals surface area contributed by atoms with E-state index >= 15 is 0 Å². The van der Waals surface area contributed by atoms with Crippen molar-refractivity contribution in [1.29, 1.82) is 0 Å². The Bertz CT molecular complexity index is 1180. The van der Waals surface area contributed by atoms with Gasteiger partial charge in [0.05, 0.1) is 12.6 Å². The Balaban J connectivity index is 0.000000427. The number of rotatable bonds is 7. The molecule has 1 aromatic carbocycles. The summed E-state index contributed by atoms with van der Waals surface area (Å²) in [5, 5.41) is 9.24. The number of aromatic nitrogens is 2. The first-order chi connectivity index (χ1) is 18.0. The summed E-state index contributed by atoms with van der Waals surface area (Å²) < 4.78 is 17.3. The second kappa shape index (κ2) is 13.1. The molecular weight excluding hydrogens is 489 g/mol. The Morgan fingerprint density at radius 1 is 1.08 bits per heavy atom. The van der Waals surface area contributed by atoms with Crippen LogP contribution >= 0.6 is 0 Å². The van der Waals surface area contributed by atoms with Crippen LogP contribution < -0.4 is 15.6 Å². The predicted octanol–water partition coefficient (Wildman–Crippen LogP) is 5.55. The zero-order valence-corrected chi connectivity index (χ0v) is 22.6. The molecule has 1 aliphatic rings. The van der Waals surface area contributed by atoms with Crippen molar-refractivity contribution in [2.75, 3.05) is 23.7 Å². The quantitative estimate of drug-likeness (QED) is 0.416. The molecule has 2 aromatic heterocycles. The van der Waals surface area contributed by atoms with E-state index in [1.165, 1.54) is 38.1 Å². The Morgan fingerprint density at radius 2 is 1.76 bits per heavy atom. The van der Waals surface area contributed by atoms with E-state index in [9.17, 15) is 14.1 Å². The van der Waals surface area contributed by atoms with Crippen molar-refractivity contribution in [3.05, 3.63) is 65.7 Å². The summed E-state index contributed by atoms with van der Waals surface area (Å²) in [5.74, 6) is 0.269. The highest BCUT2D eigenvalue weighted by molar-refractivity contribution is 6.02. The van der Waals surface area contributed by atoms with Gasteiger partial charge in [0.15, 0.2) is 11.6 Å². The number of hydrogen-bond donors (Lipinski definition) is 2. The SMILES string of the molecule is CC(C)(C)c1cc(NC(=O)Cc2ccc(NC(=O)c3ccc(OF)cn3)cc2)no1.CC(C)N1CCCC1. The smallest absolute Gasteiger partial charge is 0.274 e. The fourth-order valence-electron chi connectivity index (χ4n) is 3.78. The van der Waals surface area contributed by atoms with E-state index in [0.717, 1.165) is 17.8 Å². The van der Waals surface area contributed by atoms with Gasteiger partial charge in [-0.2, -0.15) is 0 Å². The molecule has 1 aliphatic heterocycles. The van der Waals surface area contributed by atoms with Crippen molar-refractivity contribution in [2.45, 2.75) is 65.3 Å². The Labute approximate surface area is 222 Å². The molecule has 1 saturated heterocycles. The second-order valence-electron chi connectivity index (χ2n) is 10.5. The molecule has 0 unspecified atom stereocenters. The molecule has 0 bridgehead atoms. The van der Waals surface area contributed by atoms with Gasteiger partial charge in [0.25, 0.3) is 5.91 Å². The monoisotopic (exact) mass is 525 g/mol. The van der Waals surface area contributed by atoms with Crippen LogP contribution in [-0.4, -0.2) is 46.0 Å². The number of nitrogens with zero attached hydrogens (tertiary/aromatic N) is 3. The molecular formula is C28H36FN5O4. The number of likely N-dealkylation sites (tertiary alicyclic amines) is 1. The van der Waals surface area contributed by atoms with Gasteiger partial charge in [-0.3, -0.25) is 14.5 Å². The summed E-state index contributed by atoms with van der Waals surface area (Å²) in [5.41, 5.74) is 1.20. The van der Waals surface area contributed by atoms with E-state index in [4.69, 9.17) is 4.52 Å². The van der Waals surface area contributed by atoms with Crippen LogP contribution in [0.4, 0.5) is 16.0 Å². The average Bonchev–Trinajstić information content (AvgIpc) is 3.58. The molecule has 3 aromatic rings. The molecule has 1 fully saturated rings. The van der Waals surface area contributed by atoms with Gasteiger partial charge >= 0.3 is 0 Å². The third kappa shape index (κ3) is 8.65. The lowest BCUT2D eigenvalue weighted by Crippen LogP contribution is -2.26. The van der Waals surface area contributed by atoms with Gasteiger partial charge < -0.3 is 20.1 Å². The third-order valence-electron chi connectivity index (χ3n) is 6.02. The maximum absolute atomic E-state index is 12.2. The summed E-state index contributed by atoms with van der Waals surface area (Å²) in [6.07, 6.45) is 4.07. The largest absolute Gasteiger partial charge is 0.359 e. The number of benzene rings is 1. The van der Waals surface area contributed by atoms with Crippen LogP contribution in [-0.2, 0) is 16.6 Å². The van der Waals surface area contributed by atoms with Crippen molar-refractivity contribution in [2.24, 2.45) is 0 Å². The molecule has 0 aliphatic carbocycles. The van der Waals surface area contributed by atoms with Crippen LogP contribution in [0, 0.1) is 0 Å². The molecule has 0 atom stereocenters. The van der Waals surface area contributed by atoms with E-state index in [0.29, 0.717) is 17.3 Å². The second-order valence-corrected chi connectivity index (χ2v) is 10.5. The number of amides is 2. The molecule has 3 heterocycles. The summed E-state index contributed by atoms with van der Waals surface area (Å²) >= 11 is 0. The van der Waals surface area contributed by atoms with Gasteiger partial charge in [-0.15, -0.1) is 0 Å². The molecule has 204 valence electrons. The lowest BCUT2D eigenvalue weighted by atomic mass is 9.93. The van der Waals surface area contributed by atoms with Crippen molar-refractivity contribution in [3.8, 4) is 5.75 Å². The van der Waals surface area contributed by atoms with Gasteiger partial charge in [-0.1, -0.05) is 38.1 Å². The van der Waals surface area contributed by atoms with Gasteiger partial charge in [0, 0.05) is 27.7 Å². The molecule has 0 saturated carbocycles. The van der Waals surface area contributed by atoms with Gasteiger partial charge in [0.1, 0.15) is 11.5 Å². The molecule has 0 radical (unpaired) electrons. The lowest BCUT2D eigenvalue weighted by Gasteiger charge is -2.18. The van der Waals surface area contributed by atoms with Crippen LogP contribution in [0.25, 0.3) is 0 Å². The Morgan fingerprint density at radius 3 is 2.26 bits per heavy atom. The van der Waals surface area contributed by atoms with Crippen molar-refractivity contribution < 1.29 is 23.6 Å². The average molecular weight is 526 g/mol. The molecule has 2 amide bonds. The number of halogens is 1. The van der Waals surface area contributed by atoms with Gasteiger partial charge in [-0.05, 0) is 69.6 Å². The van der Waals surface area contributed by atoms with Crippen LogP contribution in [0.15, 0.2) is 53.2 Å². The first-order valence-electron chi connectivity index (χ1n) is 12.7. The number of hydrogen-bond acceptors (Lipinski definition) is 7. The van der Waals surface area contributed by atoms with Crippen LogP contribution in [0.3, 0.4) is 0 Å².